The zero-order valence-electron chi connectivity index (χ0n) is 10.5. The van der Waals surface area contributed by atoms with Crippen molar-refractivity contribution in [2.45, 2.75) is 19.3 Å². The molecule has 1 aliphatic rings. The first-order valence-corrected chi connectivity index (χ1v) is 6.51. The lowest BCUT2D eigenvalue weighted by molar-refractivity contribution is 0.346. The summed E-state index contributed by atoms with van der Waals surface area (Å²) in [7, 11) is 4.26. The van der Waals surface area contributed by atoms with E-state index in [0.29, 0.717) is 11.1 Å². The molecule has 1 aliphatic carbocycles. The molecule has 2 nitrogen and oxygen atoms in total. The summed E-state index contributed by atoms with van der Waals surface area (Å²) >= 11 is 5.83. The van der Waals surface area contributed by atoms with Gasteiger partial charge in [0.25, 0.3) is 0 Å². The van der Waals surface area contributed by atoms with Crippen LogP contribution >= 0.6 is 11.6 Å². The van der Waals surface area contributed by atoms with Crippen LogP contribution in [-0.4, -0.2) is 30.5 Å². The SMILES string of the molecule is CN(C)CC1CCCC=C1c1ccc(Cl)nc1. The fraction of sp³-hybridized carbons (Fsp3) is 0.500. The van der Waals surface area contributed by atoms with Crippen LogP contribution in [0.15, 0.2) is 24.4 Å². The highest BCUT2D eigenvalue weighted by Crippen LogP contribution is 2.32. The van der Waals surface area contributed by atoms with Crippen molar-refractivity contribution >= 4 is 17.2 Å². The Kier molecular flexibility index (Phi) is 4.19. The molecule has 1 atom stereocenters. The lowest BCUT2D eigenvalue weighted by Gasteiger charge is -2.27. The largest absolute Gasteiger partial charge is 0.309 e. The minimum absolute atomic E-state index is 0.564. The molecule has 2 rings (SSSR count). The number of hydrogen-bond acceptors (Lipinski definition) is 2. The first-order valence-electron chi connectivity index (χ1n) is 6.13. The second-order valence-corrected chi connectivity index (χ2v) is 5.31. The first-order chi connectivity index (χ1) is 8.16. The van der Waals surface area contributed by atoms with Gasteiger partial charge in [-0.3, -0.25) is 0 Å². The molecule has 1 aromatic heterocycles. The van der Waals surface area contributed by atoms with Gasteiger partial charge in [-0.1, -0.05) is 23.7 Å². The smallest absolute Gasteiger partial charge is 0.129 e. The predicted octanol–water partition coefficient (Wildman–Crippen LogP) is 3.48. The minimum Gasteiger partial charge on any atom is -0.309 e. The Labute approximate surface area is 108 Å². The summed E-state index contributed by atoms with van der Waals surface area (Å²) in [6, 6.07) is 3.95. The van der Waals surface area contributed by atoms with E-state index in [2.05, 4.69) is 36.1 Å². The maximum Gasteiger partial charge on any atom is 0.129 e. The Hall–Kier alpha value is -0.860. The Morgan fingerprint density at radius 3 is 2.88 bits per heavy atom. The quantitative estimate of drug-likeness (QED) is 0.764. The third-order valence-corrected chi connectivity index (χ3v) is 3.43. The van der Waals surface area contributed by atoms with Crippen molar-refractivity contribution in [3.8, 4) is 0 Å². The van der Waals surface area contributed by atoms with Crippen LogP contribution in [0.2, 0.25) is 5.15 Å². The average Bonchev–Trinajstić information content (AvgIpc) is 2.30. The maximum absolute atomic E-state index is 5.83. The van der Waals surface area contributed by atoms with Gasteiger partial charge in [-0.2, -0.15) is 0 Å². The summed E-state index contributed by atoms with van der Waals surface area (Å²) in [5, 5.41) is 0.564. The molecule has 0 amide bonds. The van der Waals surface area contributed by atoms with Gasteiger partial charge < -0.3 is 4.90 Å². The Bertz CT molecular complexity index is 395. The second-order valence-electron chi connectivity index (χ2n) is 4.92. The fourth-order valence-corrected chi connectivity index (χ4v) is 2.59. The van der Waals surface area contributed by atoms with Gasteiger partial charge >= 0.3 is 0 Å². The minimum atomic E-state index is 0.564. The summed E-state index contributed by atoms with van der Waals surface area (Å²) < 4.78 is 0. The average molecular weight is 251 g/mol. The molecule has 1 aromatic rings. The number of allylic oxidation sites excluding steroid dienone is 1. The summed E-state index contributed by atoms with van der Waals surface area (Å²) in [5.74, 6) is 0.627. The number of halogens is 1. The highest BCUT2D eigenvalue weighted by molar-refractivity contribution is 6.29. The van der Waals surface area contributed by atoms with Crippen molar-refractivity contribution < 1.29 is 0 Å². The van der Waals surface area contributed by atoms with Gasteiger partial charge in [0.15, 0.2) is 0 Å². The van der Waals surface area contributed by atoms with Gasteiger partial charge in [0, 0.05) is 12.7 Å². The van der Waals surface area contributed by atoms with Gasteiger partial charge in [0.1, 0.15) is 5.15 Å². The van der Waals surface area contributed by atoms with Crippen molar-refractivity contribution in [2.75, 3.05) is 20.6 Å². The van der Waals surface area contributed by atoms with E-state index in [4.69, 9.17) is 11.6 Å². The normalized spacial score (nSPS) is 20.5. The lowest BCUT2D eigenvalue weighted by atomic mass is 9.84. The molecule has 0 N–H and O–H groups in total. The first kappa shape index (κ1) is 12.6. The van der Waals surface area contributed by atoms with Crippen LogP contribution < -0.4 is 0 Å². The monoisotopic (exact) mass is 250 g/mol. The van der Waals surface area contributed by atoms with E-state index >= 15 is 0 Å². The van der Waals surface area contributed by atoms with Crippen LogP contribution in [0.5, 0.6) is 0 Å². The van der Waals surface area contributed by atoms with Crippen LogP contribution in [-0.2, 0) is 0 Å². The van der Waals surface area contributed by atoms with E-state index in [9.17, 15) is 0 Å². The number of aromatic nitrogens is 1. The molecule has 0 fully saturated rings. The number of rotatable bonds is 3. The molecule has 1 heterocycles. The standard InChI is InChI=1S/C14H19ClN2/c1-17(2)10-12-5-3-4-6-13(12)11-7-8-14(15)16-9-11/h6-9,12H,3-5,10H2,1-2H3. The van der Waals surface area contributed by atoms with Crippen LogP contribution in [0.1, 0.15) is 24.8 Å². The molecule has 0 radical (unpaired) electrons. The summed E-state index contributed by atoms with van der Waals surface area (Å²) in [6.07, 6.45) is 8.00. The molecule has 0 spiro atoms. The third kappa shape index (κ3) is 3.30. The number of hydrogen-bond donors (Lipinski definition) is 0. The van der Waals surface area contributed by atoms with Crippen LogP contribution in [0.3, 0.4) is 0 Å². The molecule has 0 aromatic carbocycles. The van der Waals surface area contributed by atoms with Crippen LogP contribution in [0.4, 0.5) is 0 Å². The van der Waals surface area contributed by atoms with Crippen molar-refractivity contribution in [1.82, 2.24) is 9.88 Å². The lowest BCUT2D eigenvalue weighted by Crippen LogP contribution is -2.24. The Morgan fingerprint density at radius 2 is 2.24 bits per heavy atom. The molecular formula is C14H19ClN2. The van der Waals surface area contributed by atoms with E-state index in [-0.39, 0.29) is 0 Å². The Morgan fingerprint density at radius 1 is 1.41 bits per heavy atom. The van der Waals surface area contributed by atoms with Crippen molar-refractivity contribution in [3.63, 3.8) is 0 Å². The van der Waals surface area contributed by atoms with Crippen molar-refractivity contribution in [3.05, 3.63) is 35.1 Å². The van der Waals surface area contributed by atoms with E-state index in [1.165, 1.54) is 30.4 Å². The van der Waals surface area contributed by atoms with Gasteiger partial charge in [-0.25, -0.2) is 4.98 Å². The topological polar surface area (TPSA) is 16.1 Å². The van der Waals surface area contributed by atoms with E-state index in [0.717, 1.165) is 6.54 Å². The molecule has 1 unspecified atom stereocenters. The molecule has 3 heteroatoms. The number of pyridine rings is 1. The molecule has 17 heavy (non-hydrogen) atoms. The van der Waals surface area contributed by atoms with Gasteiger partial charge in [0.2, 0.25) is 0 Å². The number of nitrogens with zero attached hydrogens (tertiary/aromatic N) is 2. The summed E-state index contributed by atoms with van der Waals surface area (Å²) in [5.41, 5.74) is 2.66. The highest BCUT2D eigenvalue weighted by atomic mass is 35.5. The van der Waals surface area contributed by atoms with E-state index in [1.807, 2.05) is 12.3 Å². The van der Waals surface area contributed by atoms with Crippen molar-refractivity contribution in [2.24, 2.45) is 5.92 Å². The van der Waals surface area contributed by atoms with Gasteiger partial charge in [-0.05, 0) is 56.5 Å². The van der Waals surface area contributed by atoms with Crippen molar-refractivity contribution in [1.29, 1.82) is 0 Å². The van der Waals surface area contributed by atoms with Crippen LogP contribution in [0.25, 0.3) is 5.57 Å². The van der Waals surface area contributed by atoms with Gasteiger partial charge in [-0.15, -0.1) is 0 Å². The summed E-state index contributed by atoms with van der Waals surface area (Å²) in [4.78, 5) is 6.44. The fourth-order valence-electron chi connectivity index (χ4n) is 2.47. The third-order valence-electron chi connectivity index (χ3n) is 3.21. The van der Waals surface area contributed by atoms with Crippen LogP contribution in [0, 0.1) is 5.92 Å². The molecule has 0 saturated carbocycles. The Balaban J connectivity index is 2.21. The zero-order chi connectivity index (χ0) is 12.3. The molecule has 92 valence electrons. The molecule has 0 saturated heterocycles. The van der Waals surface area contributed by atoms with Gasteiger partial charge in [0.05, 0.1) is 0 Å². The molecule has 0 bridgehead atoms. The second kappa shape index (κ2) is 5.65. The maximum atomic E-state index is 5.83. The predicted molar refractivity (Wildman–Crippen MR) is 73.1 cm³/mol. The summed E-state index contributed by atoms with van der Waals surface area (Å²) in [6.45, 7) is 1.11. The van der Waals surface area contributed by atoms with E-state index < -0.39 is 0 Å². The molecular weight excluding hydrogens is 232 g/mol. The zero-order valence-corrected chi connectivity index (χ0v) is 11.2. The van der Waals surface area contributed by atoms with E-state index in [1.54, 1.807) is 0 Å². The highest BCUT2D eigenvalue weighted by Gasteiger charge is 2.19. The molecule has 0 aliphatic heterocycles.